The molecule has 2 aromatic carbocycles. The quantitative estimate of drug-likeness (QED) is 0.646. The fourth-order valence-electron chi connectivity index (χ4n) is 4.72. The number of carbonyl (C=O) groups excluding carboxylic acids is 3. The summed E-state index contributed by atoms with van der Waals surface area (Å²) in [7, 11) is 0. The first-order valence-corrected chi connectivity index (χ1v) is 13.4. The normalized spacial score (nSPS) is 21.3. The number of rotatable bonds is 4. The highest BCUT2D eigenvalue weighted by atomic mass is 35.5. The van der Waals surface area contributed by atoms with Crippen LogP contribution in [0.4, 0.5) is 0 Å². The summed E-state index contributed by atoms with van der Waals surface area (Å²) in [6.45, 7) is 7.42. The molecule has 2 N–H and O–H groups in total. The number of piperidine rings is 1. The van der Waals surface area contributed by atoms with E-state index in [1.807, 2.05) is 0 Å². The summed E-state index contributed by atoms with van der Waals surface area (Å²) in [5, 5.41) is 0.0644. The molecule has 0 aliphatic carbocycles. The summed E-state index contributed by atoms with van der Waals surface area (Å²) in [6, 6.07) is 14.6. The van der Waals surface area contributed by atoms with E-state index in [1.54, 1.807) is 45.8 Å². The number of hydrogen-bond acceptors (Lipinski definition) is 4. The highest BCUT2D eigenvalue weighted by Crippen LogP contribution is 2.44. The Morgan fingerprint density at radius 3 is 2.20 bits per heavy atom. The third-order valence-electron chi connectivity index (χ3n) is 6.90. The zero-order valence-corrected chi connectivity index (χ0v) is 21.9. The third-order valence-corrected chi connectivity index (χ3v) is 8.55. The van der Waals surface area contributed by atoms with Crippen molar-refractivity contribution in [3.05, 3.63) is 70.2 Å². The number of amides is 3. The molecule has 35 heavy (non-hydrogen) atoms. The number of likely N-dealkylation sites (tertiary alicyclic amines) is 1. The zero-order valence-electron chi connectivity index (χ0n) is 20.4. The molecule has 2 aromatic rings. The molecule has 2 saturated heterocycles. The van der Waals surface area contributed by atoms with Crippen LogP contribution in [-0.2, 0) is 15.0 Å². The Labute approximate surface area is 216 Å². The lowest BCUT2D eigenvalue weighted by atomic mass is 9.86. The molecular formula is C27H32ClN3O3S. The molecule has 2 aliphatic rings. The molecule has 2 heterocycles. The maximum absolute atomic E-state index is 13.8. The fourth-order valence-corrected chi connectivity index (χ4v) is 6.36. The maximum Gasteiger partial charge on any atom is 0.257 e. The molecule has 186 valence electrons. The lowest BCUT2D eigenvalue weighted by molar-refractivity contribution is -0.138. The van der Waals surface area contributed by atoms with Crippen molar-refractivity contribution < 1.29 is 14.4 Å². The molecular weight excluding hydrogens is 482 g/mol. The largest absolute Gasteiger partial charge is 0.369 e. The van der Waals surface area contributed by atoms with Crippen LogP contribution in [0.25, 0.3) is 0 Å². The maximum atomic E-state index is 13.8. The van der Waals surface area contributed by atoms with Gasteiger partial charge in [0.2, 0.25) is 11.8 Å². The summed E-state index contributed by atoms with van der Waals surface area (Å²) in [4.78, 5) is 42.5. The van der Waals surface area contributed by atoms with Gasteiger partial charge in [-0.25, -0.2) is 0 Å². The van der Waals surface area contributed by atoms with Crippen LogP contribution in [0.3, 0.4) is 0 Å². The van der Waals surface area contributed by atoms with Crippen LogP contribution in [0, 0.1) is 5.92 Å². The Morgan fingerprint density at radius 1 is 1.00 bits per heavy atom. The molecule has 2 atom stereocenters. The van der Waals surface area contributed by atoms with Crippen molar-refractivity contribution in [2.75, 3.05) is 18.8 Å². The van der Waals surface area contributed by atoms with Gasteiger partial charge in [0.25, 0.3) is 5.91 Å². The van der Waals surface area contributed by atoms with E-state index in [0.717, 1.165) is 5.56 Å². The topological polar surface area (TPSA) is 83.7 Å². The van der Waals surface area contributed by atoms with Gasteiger partial charge in [0.1, 0.15) is 11.4 Å². The zero-order chi connectivity index (χ0) is 25.3. The smallest absolute Gasteiger partial charge is 0.257 e. The molecule has 0 bridgehead atoms. The molecule has 0 spiro atoms. The van der Waals surface area contributed by atoms with Gasteiger partial charge in [-0.1, -0.05) is 68.8 Å². The number of benzene rings is 2. The van der Waals surface area contributed by atoms with E-state index in [1.165, 1.54) is 5.56 Å². The molecule has 2 aliphatic heterocycles. The van der Waals surface area contributed by atoms with Crippen molar-refractivity contribution in [3.63, 3.8) is 0 Å². The van der Waals surface area contributed by atoms with Gasteiger partial charge in [0.15, 0.2) is 0 Å². The van der Waals surface area contributed by atoms with E-state index < -0.39 is 6.04 Å². The molecule has 2 unspecified atom stereocenters. The van der Waals surface area contributed by atoms with E-state index in [9.17, 15) is 14.4 Å². The van der Waals surface area contributed by atoms with Crippen molar-refractivity contribution in [2.24, 2.45) is 11.7 Å². The summed E-state index contributed by atoms with van der Waals surface area (Å²) in [5.41, 5.74) is 8.05. The number of halogens is 1. The predicted octanol–water partition coefficient (Wildman–Crippen LogP) is 4.62. The Kier molecular flexibility index (Phi) is 7.48. The Bertz CT molecular complexity index is 1110. The second kappa shape index (κ2) is 10.2. The van der Waals surface area contributed by atoms with Crippen molar-refractivity contribution >= 4 is 41.1 Å². The van der Waals surface area contributed by atoms with Crippen molar-refractivity contribution in [2.45, 2.75) is 50.4 Å². The predicted molar refractivity (Wildman–Crippen MR) is 140 cm³/mol. The Hall–Kier alpha value is -2.51. The molecule has 0 aromatic heterocycles. The van der Waals surface area contributed by atoms with Crippen molar-refractivity contribution in [1.82, 2.24) is 9.80 Å². The van der Waals surface area contributed by atoms with Crippen LogP contribution in [0.2, 0.25) is 5.02 Å². The second-order valence-electron chi connectivity index (χ2n) is 10.3. The number of thioether (sulfide) groups is 1. The lowest BCUT2D eigenvalue weighted by Gasteiger charge is -2.36. The van der Waals surface area contributed by atoms with Gasteiger partial charge >= 0.3 is 0 Å². The average molecular weight is 514 g/mol. The highest BCUT2D eigenvalue weighted by Gasteiger charge is 2.45. The molecule has 0 saturated carbocycles. The van der Waals surface area contributed by atoms with Gasteiger partial charge in [0.05, 0.1) is 10.6 Å². The van der Waals surface area contributed by atoms with E-state index in [-0.39, 0.29) is 34.4 Å². The van der Waals surface area contributed by atoms with Crippen LogP contribution in [0.1, 0.15) is 60.5 Å². The molecule has 4 rings (SSSR count). The van der Waals surface area contributed by atoms with E-state index >= 15 is 0 Å². The number of primary amides is 1. The standard InChI is InChI=1S/C27H32ClN3O3S/c1-27(2,3)19-10-8-18(9-11-19)26-31(24(33)20-6-4-5-7-21(20)28)22(16-35-26)25(34)30-14-12-17(13-15-30)23(29)32/h4-11,17,22,26H,12-16H2,1-3H3,(H2,29,32). The average Bonchev–Trinajstić information content (AvgIpc) is 3.28. The van der Waals surface area contributed by atoms with Crippen LogP contribution in [0.15, 0.2) is 48.5 Å². The number of carbonyl (C=O) groups is 3. The first-order chi connectivity index (χ1) is 16.6. The van der Waals surface area contributed by atoms with Crippen LogP contribution >= 0.6 is 23.4 Å². The Balaban J connectivity index is 1.64. The molecule has 0 radical (unpaired) electrons. The van der Waals surface area contributed by atoms with Crippen LogP contribution < -0.4 is 5.73 Å². The summed E-state index contributed by atoms with van der Waals surface area (Å²) >= 11 is 7.98. The lowest BCUT2D eigenvalue weighted by Crippen LogP contribution is -2.52. The highest BCUT2D eigenvalue weighted by molar-refractivity contribution is 7.99. The van der Waals surface area contributed by atoms with E-state index in [4.69, 9.17) is 17.3 Å². The molecule has 3 amide bonds. The van der Waals surface area contributed by atoms with Gasteiger partial charge < -0.3 is 15.5 Å². The van der Waals surface area contributed by atoms with E-state index in [2.05, 4.69) is 45.0 Å². The minimum atomic E-state index is -0.610. The number of nitrogens with two attached hydrogens (primary N) is 1. The minimum absolute atomic E-state index is 0.0178. The summed E-state index contributed by atoms with van der Waals surface area (Å²) in [5.74, 6) is -0.364. The minimum Gasteiger partial charge on any atom is -0.369 e. The second-order valence-corrected chi connectivity index (χ2v) is 11.8. The van der Waals surface area contributed by atoms with Gasteiger partial charge in [-0.05, 0) is 41.5 Å². The molecule has 8 heteroatoms. The van der Waals surface area contributed by atoms with Crippen molar-refractivity contribution in [3.8, 4) is 0 Å². The third kappa shape index (κ3) is 5.36. The molecule has 6 nitrogen and oxygen atoms in total. The van der Waals surface area contributed by atoms with Gasteiger partial charge in [-0.3, -0.25) is 14.4 Å². The first-order valence-electron chi connectivity index (χ1n) is 11.9. The van der Waals surface area contributed by atoms with Gasteiger partial charge in [-0.15, -0.1) is 11.8 Å². The SMILES string of the molecule is CC(C)(C)c1ccc(C2SCC(C(=O)N3CCC(C(N)=O)CC3)N2C(=O)c2ccccc2Cl)cc1. The number of hydrogen-bond donors (Lipinski definition) is 1. The van der Waals surface area contributed by atoms with Crippen LogP contribution in [-0.4, -0.2) is 52.4 Å². The fraction of sp³-hybridized carbons (Fsp3) is 0.444. The summed E-state index contributed by atoms with van der Waals surface area (Å²) < 4.78 is 0. The van der Waals surface area contributed by atoms with Gasteiger partial charge in [0, 0.05) is 24.8 Å². The summed E-state index contributed by atoms with van der Waals surface area (Å²) in [6.07, 6.45) is 1.11. The molecule has 2 fully saturated rings. The van der Waals surface area contributed by atoms with Crippen molar-refractivity contribution in [1.29, 1.82) is 0 Å². The van der Waals surface area contributed by atoms with Gasteiger partial charge in [-0.2, -0.15) is 0 Å². The monoisotopic (exact) mass is 513 g/mol. The van der Waals surface area contributed by atoms with E-state index in [0.29, 0.717) is 42.3 Å². The van der Waals surface area contributed by atoms with Crippen LogP contribution in [0.5, 0.6) is 0 Å². The Morgan fingerprint density at radius 2 is 1.63 bits per heavy atom. The first kappa shape index (κ1) is 25.6. The number of nitrogens with zero attached hydrogens (tertiary/aromatic N) is 2.